The van der Waals surface area contributed by atoms with Gasteiger partial charge in [0.05, 0.1) is 33.9 Å². The molecular formula is C32H43ClN2O5S. The molecule has 1 spiro atoms. The standard InChI is InChI=1S/C32H43ClN2O5S/c1-4-6-7-12-21-40-31(39)25-24-16-17-32(41-24)26(25)29(37)35(19-10-8-9-11-20-36)28(32)30(38)34(18-5-2)27-22(3)14-13-15-23(27)33/h4-5,13-15,24-26,28,36H,1-2,6-12,16-21H2,3H3/t24-,25+,26-,28?,32?/m0/s1. The van der Waals surface area contributed by atoms with Gasteiger partial charge in [-0.2, -0.15) is 0 Å². The zero-order valence-corrected chi connectivity index (χ0v) is 25.6. The molecule has 0 radical (unpaired) electrons. The number of ether oxygens (including phenoxy) is 1. The van der Waals surface area contributed by atoms with Crippen molar-refractivity contribution in [3.63, 3.8) is 0 Å². The highest BCUT2D eigenvalue weighted by Crippen LogP contribution is 2.66. The van der Waals surface area contributed by atoms with Crippen LogP contribution in [0.2, 0.25) is 5.02 Å². The van der Waals surface area contributed by atoms with Gasteiger partial charge in [0, 0.05) is 24.9 Å². The molecule has 41 heavy (non-hydrogen) atoms. The number of thioether (sulfide) groups is 1. The fraction of sp³-hybridized carbons (Fsp3) is 0.594. The number of benzene rings is 1. The van der Waals surface area contributed by atoms with Gasteiger partial charge in [-0.05, 0) is 63.5 Å². The molecule has 3 aliphatic heterocycles. The molecule has 7 nitrogen and oxygen atoms in total. The Morgan fingerprint density at radius 1 is 1.20 bits per heavy atom. The molecule has 2 amide bonds. The first kappa shape index (κ1) is 31.6. The number of hydrogen-bond donors (Lipinski definition) is 1. The van der Waals surface area contributed by atoms with Crippen molar-refractivity contribution in [3.05, 3.63) is 54.1 Å². The summed E-state index contributed by atoms with van der Waals surface area (Å²) >= 11 is 8.29. The van der Waals surface area contributed by atoms with Gasteiger partial charge in [-0.3, -0.25) is 14.4 Å². The van der Waals surface area contributed by atoms with E-state index in [-0.39, 0.29) is 36.2 Å². The summed E-state index contributed by atoms with van der Waals surface area (Å²) in [6.07, 6.45) is 10.6. The monoisotopic (exact) mass is 602 g/mol. The summed E-state index contributed by atoms with van der Waals surface area (Å²) in [7, 11) is 0. The number of nitrogens with zero attached hydrogens (tertiary/aromatic N) is 2. The molecule has 0 aliphatic carbocycles. The summed E-state index contributed by atoms with van der Waals surface area (Å²) in [5, 5.41) is 9.61. The second kappa shape index (κ2) is 14.3. The second-order valence-corrected chi connectivity index (χ2v) is 13.3. The zero-order chi connectivity index (χ0) is 29.6. The van der Waals surface area contributed by atoms with Crippen LogP contribution in [0.25, 0.3) is 0 Å². The van der Waals surface area contributed by atoms with Gasteiger partial charge >= 0.3 is 5.97 Å². The molecule has 4 rings (SSSR count). The lowest BCUT2D eigenvalue weighted by Gasteiger charge is -2.37. The number of unbranched alkanes of at least 4 members (excludes halogenated alkanes) is 5. The van der Waals surface area contributed by atoms with Crippen LogP contribution in [0.5, 0.6) is 0 Å². The molecule has 9 heteroatoms. The highest BCUT2D eigenvalue weighted by Gasteiger charge is 2.74. The lowest BCUT2D eigenvalue weighted by molar-refractivity contribution is -0.154. The van der Waals surface area contributed by atoms with E-state index < -0.39 is 22.6 Å². The van der Waals surface area contributed by atoms with E-state index in [2.05, 4.69) is 13.2 Å². The minimum atomic E-state index is -0.714. The van der Waals surface area contributed by atoms with E-state index in [0.717, 1.165) is 50.5 Å². The number of likely N-dealkylation sites (tertiary alicyclic amines) is 1. The van der Waals surface area contributed by atoms with Gasteiger partial charge in [0.25, 0.3) is 5.91 Å². The number of carbonyl (C=O) groups excluding carboxylic acids is 3. The number of para-hydroxylation sites is 1. The predicted molar refractivity (Wildman–Crippen MR) is 165 cm³/mol. The van der Waals surface area contributed by atoms with E-state index in [1.165, 1.54) is 0 Å². The summed E-state index contributed by atoms with van der Waals surface area (Å²) < 4.78 is 5.03. The fourth-order valence-corrected chi connectivity index (χ4v) is 9.41. The maximum Gasteiger partial charge on any atom is 0.310 e. The largest absolute Gasteiger partial charge is 0.465 e. The van der Waals surface area contributed by atoms with Crippen LogP contribution in [0.1, 0.15) is 63.4 Å². The molecule has 1 aromatic carbocycles. The average molecular weight is 603 g/mol. The lowest BCUT2D eigenvalue weighted by atomic mass is 9.71. The van der Waals surface area contributed by atoms with Crippen LogP contribution in [-0.4, -0.2) is 70.1 Å². The molecule has 1 N–H and O–H groups in total. The molecule has 0 saturated carbocycles. The van der Waals surface area contributed by atoms with E-state index in [9.17, 15) is 19.5 Å². The highest BCUT2D eigenvalue weighted by atomic mass is 35.5. The molecule has 224 valence electrons. The van der Waals surface area contributed by atoms with Crippen molar-refractivity contribution in [2.45, 2.75) is 80.7 Å². The molecule has 3 saturated heterocycles. The maximum absolute atomic E-state index is 14.7. The van der Waals surface area contributed by atoms with Gasteiger partial charge in [-0.15, -0.1) is 24.9 Å². The number of rotatable bonds is 16. The third kappa shape index (κ3) is 6.25. The number of aliphatic hydroxyl groups is 1. The van der Waals surface area contributed by atoms with Crippen molar-refractivity contribution in [2.75, 3.05) is 31.2 Å². The summed E-state index contributed by atoms with van der Waals surface area (Å²) in [5.41, 5.74) is 1.49. The summed E-state index contributed by atoms with van der Waals surface area (Å²) in [6, 6.07) is 4.83. The van der Waals surface area contributed by atoms with Gasteiger partial charge in [-0.1, -0.05) is 48.7 Å². The molecule has 1 aromatic rings. The number of aryl methyl sites for hydroxylation is 1. The topological polar surface area (TPSA) is 87.2 Å². The summed E-state index contributed by atoms with van der Waals surface area (Å²) in [5.74, 6) is -1.76. The van der Waals surface area contributed by atoms with E-state index in [1.54, 1.807) is 33.7 Å². The Morgan fingerprint density at radius 2 is 1.98 bits per heavy atom. The Morgan fingerprint density at radius 3 is 2.68 bits per heavy atom. The normalized spacial score (nSPS) is 26.2. The van der Waals surface area contributed by atoms with Crippen LogP contribution in [0.4, 0.5) is 5.69 Å². The number of amides is 2. The van der Waals surface area contributed by atoms with Crippen LogP contribution in [0, 0.1) is 18.8 Å². The number of carbonyl (C=O) groups is 3. The zero-order valence-electron chi connectivity index (χ0n) is 24.1. The number of esters is 1. The minimum Gasteiger partial charge on any atom is -0.465 e. The molecule has 3 heterocycles. The number of anilines is 1. The Balaban J connectivity index is 1.66. The summed E-state index contributed by atoms with van der Waals surface area (Å²) in [4.78, 5) is 45.7. The van der Waals surface area contributed by atoms with Crippen molar-refractivity contribution in [2.24, 2.45) is 11.8 Å². The predicted octanol–water partition coefficient (Wildman–Crippen LogP) is 5.71. The van der Waals surface area contributed by atoms with Crippen molar-refractivity contribution in [1.82, 2.24) is 4.90 Å². The smallest absolute Gasteiger partial charge is 0.310 e. The third-order valence-electron chi connectivity index (χ3n) is 8.70. The third-order valence-corrected chi connectivity index (χ3v) is 11.0. The van der Waals surface area contributed by atoms with Crippen LogP contribution >= 0.6 is 23.4 Å². The highest BCUT2D eigenvalue weighted by molar-refractivity contribution is 8.02. The fourth-order valence-electron chi connectivity index (χ4n) is 6.88. The SMILES string of the molecule is C=CCCCCOC(=O)[C@@H]1[C@@H]2CCC3(S2)C(C(=O)N(CC=C)c2c(C)cccc2Cl)N(CCCCCCO)C(=O)[C@H]13. The summed E-state index contributed by atoms with van der Waals surface area (Å²) in [6.45, 7) is 10.7. The Labute approximate surface area is 253 Å². The first-order valence-electron chi connectivity index (χ1n) is 14.9. The van der Waals surface area contributed by atoms with Gasteiger partial charge in [0.15, 0.2) is 0 Å². The van der Waals surface area contributed by atoms with Crippen molar-refractivity contribution >= 4 is 46.8 Å². The van der Waals surface area contributed by atoms with Gasteiger partial charge in [0.1, 0.15) is 6.04 Å². The first-order chi connectivity index (χ1) is 19.8. The Kier molecular flexibility index (Phi) is 11.0. The van der Waals surface area contributed by atoms with Gasteiger partial charge in [0.2, 0.25) is 5.91 Å². The Bertz CT molecular complexity index is 1120. The minimum absolute atomic E-state index is 0.0402. The van der Waals surface area contributed by atoms with Crippen LogP contribution < -0.4 is 4.90 Å². The van der Waals surface area contributed by atoms with Crippen LogP contribution in [0.15, 0.2) is 43.5 Å². The van der Waals surface area contributed by atoms with E-state index in [1.807, 2.05) is 25.1 Å². The maximum atomic E-state index is 14.7. The van der Waals surface area contributed by atoms with Gasteiger partial charge in [-0.25, -0.2) is 0 Å². The molecule has 2 bridgehead atoms. The van der Waals surface area contributed by atoms with Crippen molar-refractivity contribution < 1.29 is 24.2 Å². The van der Waals surface area contributed by atoms with Crippen molar-refractivity contribution in [3.8, 4) is 0 Å². The van der Waals surface area contributed by atoms with Crippen molar-refractivity contribution in [1.29, 1.82) is 0 Å². The number of fused-ring (bicyclic) bond motifs is 1. The van der Waals surface area contributed by atoms with Crippen LogP contribution in [-0.2, 0) is 19.1 Å². The molecular weight excluding hydrogens is 560 g/mol. The number of halogens is 1. The van der Waals surface area contributed by atoms with E-state index in [0.29, 0.717) is 36.7 Å². The lowest BCUT2D eigenvalue weighted by Crippen LogP contribution is -2.55. The second-order valence-electron chi connectivity index (χ2n) is 11.3. The van der Waals surface area contributed by atoms with Crippen LogP contribution in [0.3, 0.4) is 0 Å². The molecule has 0 aromatic heterocycles. The van der Waals surface area contributed by atoms with Gasteiger partial charge < -0.3 is 19.6 Å². The van der Waals surface area contributed by atoms with E-state index in [4.69, 9.17) is 16.3 Å². The first-order valence-corrected chi connectivity index (χ1v) is 16.1. The Hall–Kier alpha value is -2.29. The quantitative estimate of drug-likeness (QED) is 0.148. The molecule has 3 aliphatic rings. The molecule has 3 fully saturated rings. The molecule has 5 atom stereocenters. The average Bonchev–Trinajstić information content (AvgIpc) is 3.59. The number of hydrogen-bond acceptors (Lipinski definition) is 6. The van der Waals surface area contributed by atoms with E-state index >= 15 is 0 Å². The number of allylic oxidation sites excluding steroid dienone is 1. The molecule has 2 unspecified atom stereocenters. The number of aliphatic hydroxyl groups excluding tert-OH is 1.